The Balaban J connectivity index is 1.47. The van der Waals surface area contributed by atoms with Gasteiger partial charge in [0.2, 0.25) is 0 Å². The van der Waals surface area contributed by atoms with Gasteiger partial charge in [0, 0.05) is 30.7 Å². The largest absolute Gasteiger partial charge is 0.369 e. The lowest BCUT2D eigenvalue weighted by Crippen LogP contribution is -2.44. The zero-order chi connectivity index (χ0) is 19.5. The minimum Gasteiger partial charge on any atom is -0.369 e. The highest BCUT2D eigenvalue weighted by molar-refractivity contribution is 5.97. The second kappa shape index (κ2) is 8.22. The summed E-state index contributed by atoms with van der Waals surface area (Å²) in [7, 11) is 0. The number of hydrogen-bond acceptors (Lipinski definition) is 6. The number of fused-ring (bicyclic) bond motifs is 1. The number of likely N-dealkylation sites (tertiary alicyclic amines) is 1. The van der Waals surface area contributed by atoms with E-state index in [1.165, 1.54) is 37.7 Å². The van der Waals surface area contributed by atoms with E-state index in [4.69, 9.17) is 4.52 Å². The summed E-state index contributed by atoms with van der Waals surface area (Å²) in [6, 6.07) is 7.49. The molecule has 1 aliphatic rings. The van der Waals surface area contributed by atoms with Gasteiger partial charge in [0.15, 0.2) is 0 Å². The molecule has 0 aliphatic carbocycles. The zero-order valence-corrected chi connectivity index (χ0v) is 16.4. The van der Waals surface area contributed by atoms with E-state index in [1.807, 2.05) is 0 Å². The van der Waals surface area contributed by atoms with E-state index in [1.54, 1.807) is 12.1 Å². The molecule has 0 unspecified atom stereocenters. The molecule has 0 radical (unpaired) electrons. The maximum absolute atomic E-state index is 13.3. The second-order valence-electron chi connectivity index (χ2n) is 7.59. The number of nitrogens with zero attached hydrogens (tertiary/aromatic N) is 4. The average Bonchev–Trinajstić information content (AvgIpc) is 3.12. The summed E-state index contributed by atoms with van der Waals surface area (Å²) in [5.74, 6) is 0.414. The summed E-state index contributed by atoms with van der Waals surface area (Å²) < 4.78 is 18.6. The predicted molar refractivity (Wildman–Crippen MR) is 108 cm³/mol. The monoisotopic (exact) mass is 383 g/mol. The first kappa shape index (κ1) is 18.8. The fourth-order valence-electron chi connectivity index (χ4n) is 4.11. The minimum atomic E-state index is -0.285. The Morgan fingerprint density at radius 2 is 1.89 bits per heavy atom. The van der Waals surface area contributed by atoms with E-state index in [0.29, 0.717) is 29.3 Å². The zero-order valence-electron chi connectivity index (χ0n) is 16.4. The maximum Gasteiger partial charge on any atom is 0.263 e. The Morgan fingerprint density at radius 3 is 2.64 bits per heavy atom. The topological polar surface area (TPSA) is 67.1 Å². The van der Waals surface area contributed by atoms with Gasteiger partial charge in [-0.2, -0.15) is 4.98 Å². The van der Waals surface area contributed by atoms with Crippen LogP contribution in [-0.2, 0) is 0 Å². The van der Waals surface area contributed by atoms with Crippen molar-refractivity contribution in [2.75, 3.05) is 18.4 Å². The number of rotatable bonds is 6. The molecule has 7 heteroatoms. The molecule has 0 spiro atoms. The lowest BCUT2D eigenvalue weighted by molar-refractivity contribution is 0.103. The summed E-state index contributed by atoms with van der Waals surface area (Å²) in [4.78, 5) is 11.2. The highest BCUT2D eigenvalue weighted by Gasteiger charge is 2.24. The van der Waals surface area contributed by atoms with Gasteiger partial charge in [-0.3, -0.25) is 4.90 Å². The Labute approximate surface area is 164 Å². The number of aromatic nitrogens is 3. The van der Waals surface area contributed by atoms with Crippen molar-refractivity contribution in [3.05, 3.63) is 36.4 Å². The van der Waals surface area contributed by atoms with Crippen molar-refractivity contribution in [1.82, 2.24) is 20.0 Å². The minimum absolute atomic E-state index is 0.285. The molecule has 1 saturated heterocycles. The van der Waals surface area contributed by atoms with Gasteiger partial charge in [0.05, 0.1) is 0 Å². The van der Waals surface area contributed by atoms with Crippen LogP contribution < -0.4 is 5.32 Å². The van der Waals surface area contributed by atoms with Crippen LogP contribution in [0.5, 0.6) is 0 Å². The van der Waals surface area contributed by atoms with Crippen LogP contribution in [0.1, 0.15) is 39.5 Å². The molecule has 2 aromatic heterocycles. The quantitative estimate of drug-likeness (QED) is 0.633. The molecule has 3 aromatic rings. The number of halogens is 1. The molecule has 2 atom stereocenters. The molecule has 3 heterocycles. The van der Waals surface area contributed by atoms with Crippen molar-refractivity contribution < 1.29 is 8.91 Å². The van der Waals surface area contributed by atoms with Gasteiger partial charge < -0.3 is 9.84 Å². The molecule has 4 rings (SSSR count). The maximum atomic E-state index is 13.3. The van der Waals surface area contributed by atoms with E-state index < -0.39 is 0 Å². The van der Waals surface area contributed by atoms with E-state index >= 15 is 0 Å². The van der Waals surface area contributed by atoms with Crippen LogP contribution in [0, 0.1) is 5.82 Å². The van der Waals surface area contributed by atoms with Gasteiger partial charge in [-0.1, -0.05) is 11.6 Å². The summed E-state index contributed by atoms with van der Waals surface area (Å²) in [6.07, 6.45) is 6.39. The summed E-state index contributed by atoms with van der Waals surface area (Å²) >= 11 is 0. The molecule has 0 bridgehead atoms. The molecule has 148 valence electrons. The highest BCUT2D eigenvalue weighted by Crippen LogP contribution is 2.31. The van der Waals surface area contributed by atoms with E-state index in [9.17, 15) is 4.39 Å². The first-order chi connectivity index (χ1) is 13.6. The number of anilines is 1. The van der Waals surface area contributed by atoms with Gasteiger partial charge in [-0.05, 0) is 57.4 Å². The second-order valence-corrected chi connectivity index (χ2v) is 7.59. The van der Waals surface area contributed by atoms with Crippen LogP contribution in [0.4, 0.5) is 10.2 Å². The SMILES string of the molecule is C[C@@H]1CCC[C@@H](C)N1CCCNc1ncnc2onc(-c3ccc(F)cc3)c12. The normalized spacial score (nSPS) is 20.5. The summed E-state index contributed by atoms with van der Waals surface area (Å²) in [5.41, 5.74) is 1.82. The van der Waals surface area contributed by atoms with Crippen molar-refractivity contribution in [3.63, 3.8) is 0 Å². The molecule has 1 aromatic carbocycles. The average molecular weight is 383 g/mol. The molecule has 0 amide bonds. The van der Waals surface area contributed by atoms with Crippen molar-refractivity contribution >= 4 is 16.9 Å². The Bertz CT molecular complexity index is 916. The van der Waals surface area contributed by atoms with E-state index in [2.05, 4.69) is 39.2 Å². The van der Waals surface area contributed by atoms with Crippen molar-refractivity contribution in [2.24, 2.45) is 0 Å². The number of piperidine rings is 1. The molecule has 28 heavy (non-hydrogen) atoms. The molecule has 0 saturated carbocycles. The standard InChI is InChI=1S/C21H26FN5O/c1-14-5-3-6-15(2)27(14)12-4-11-23-20-18-19(16-7-9-17(22)10-8-16)26-28-21(18)25-13-24-20/h7-10,13-15H,3-6,11-12H2,1-2H3,(H,23,24,25)/t14-,15-/m1/s1. The molecule has 1 N–H and O–H groups in total. The van der Waals surface area contributed by atoms with Gasteiger partial charge >= 0.3 is 0 Å². The van der Waals surface area contributed by atoms with Gasteiger partial charge in [0.25, 0.3) is 5.71 Å². The number of nitrogens with one attached hydrogen (secondary N) is 1. The number of hydrogen-bond donors (Lipinski definition) is 1. The fraction of sp³-hybridized carbons (Fsp3) is 0.476. The summed E-state index contributed by atoms with van der Waals surface area (Å²) in [6.45, 7) is 6.51. The lowest BCUT2D eigenvalue weighted by atomic mass is 9.97. The highest BCUT2D eigenvalue weighted by atomic mass is 19.1. The lowest BCUT2D eigenvalue weighted by Gasteiger charge is -2.39. The molecular weight excluding hydrogens is 357 g/mol. The van der Waals surface area contributed by atoms with Crippen LogP contribution in [-0.4, -0.2) is 45.2 Å². The van der Waals surface area contributed by atoms with Gasteiger partial charge in [0.1, 0.15) is 29.0 Å². The van der Waals surface area contributed by atoms with Crippen molar-refractivity contribution in [3.8, 4) is 11.3 Å². The fourth-order valence-corrected chi connectivity index (χ4v) is 4.11. The van der Waals surface area contributed by atoms with Crippen LogP contribution >= 0.6 is 0 Å². The Hall–Kier alpha value is -2.54. The van der Waals surface area contributed by atoms with Crippen molar-refractivity contribution in [1.29, 1.82) is 0 Å². The third-order valence-corrected chi connectivity index (χ3v) is 5.65. The Kier molecular flexibility index (Phi) is 5.52. The molecule has 1 aliphatic heterocycles. The van der Waals surface area contributed by atoms with Gasteiger partial charge in [-0.25, -0.2) is 9.37 Å². The molecule has 6 nitrogen and oxygen atoms in total. The first-order valence-corrected chi connectivity index (χ1v) is 9.99. The number of benzene rings is 1. The van der Waals surface area contributed by atoms with Gasteiger partial charge in [-0.15, -0.1) is 0 Å². The van der Waals surface area contributed by atoms with Crippen molar-refractivity contribution in [2.45, 2.75) is 51.6 Å². The molecule has 1 fully saturated rings. The smallest absolute Gasteiger partial charge is 0.263 e. The third-order valence-electron chi connectivity index (χ3n) is 5.65. The first-order valence-electron chi connectivity index (χ1n) is 9.99. The van der Waals surface area contributed by atoms with Crippen LogP contribution in [0.3, 0.4) is 0 Å². The van der Waals surface area contributed by atoms with Crippen LogP contribution in [0.15, 0.2) is 35.1 Å². The van der Waals surface area contributed by atoms with E-state index in [-0.39, 0.29) is 5.82 Å². The van der Waals surface area contributed by atoms with Crippen LogP contribution in [0.2, 0.25) is 0 Å². The van der Waals surface area contributed by atoms with E-state index in [0.717, 1.165) is 30.5 Å². The Morgan fingerprint density at radius 1 is 1.14 bits per heavy atom. The van der Waals surface area contributed by atoms with Crippen LogP contribution in [0.25, 0.3) is 22.4 Å². The molecular formula is C21H26FN5O. The third kappa shape index (κ3) is 3.85. The predicted octanol–water partition coefficient (Wildman–Crippen LogP) is 4.49. The summed E-state index contributed by atoms with van der Waals surface area (Å²) in [5, 5.41) is 8.27.